The van der Waals surface area contributed by atoms with E-state index in [1.807, 2.05) is 0 Å². The van der Waals surface area contributed by atoms with Gasteiger partial charge in [-0.1, -0.05) is 72.1 Å². The molecule has 5 fully saturated rings. The molecule has 0 spiro atoms. The van der Waals surface area contributed by atoms with Crippen molar-refractivity contribution in [3.05, 3.63) is 0 Å². The zero-order valence-corrected chi connectivity index (χ0v) is 29.6. The van der Waals surface area contributed by atoms with Crippen molar-refractivity contribution in [1.29, 1.82) is 0 Å². The number of rotatable bonds is 16. The Morgan fingerprint density at radius 2 is 0.911 bits per heavy atom. The Hall–Kier alpha value is -0.240. The summed E-state index contributed by atoms with van der Waals surface area (Å²) in [7, 11) is 0. The van der Waals surface area contributed by atoms with Crippen LogP contribution in [0.15, 0.2) is 0 Å². The van der Waals surface area contributed by atoms with E-state index in [2.05, 4.69) is 20.8 Å². The van der Waals surface area contributed by atoms with Crippen LogP contribution in [0.2, 0.25) is 0 Å². The Morgan fingerprint density at radius 3 is 1.38 bits per heavy atom. The lowest BCUT2D eigenvalue weighted by atomic mass is 9.72. The normalized spacial score (nSPS) is 32.3. The highest BCUT2D eigenvalue weighted by Gasteiger charge is 2.40. The van der Waals surface area contributed by atoms with Crippen LogP contribution in [-0.2, 0) is 28.4 Å². The van der Waals surface area contributed by atoms with Gasteiger partial charge in [-0.3, -0.25) is 0 Å². The molecule has 0 N–H and O–H groups in total. The van der Waals surface area contributed by atoms with Gasteiger partial charge in [-0.15, -0.1) is 0 Å². The Balaban J connectivity index is 1.28. The van der Waals surface area contributed by atoms with Crippen molar-refractivity contribution in [3.8, 4) is 0 Å². The second-order valence-electron chi connectivity index (χ2n) is 16.6. The summed E-state index contributed by atoms with van der Waals surface area (Å²) in [6.45, 7) is 17.3. The fourth-order valence-corrected chi connectivity index (χ4v) is 8.88. The van der Waals surface area contributed by atoms with E-state index in [9.17, 15) is 0 Å². The van der Waals surface area contributed by atoms with Crippen molar-refractivity contribution in [2.75, 3.05) is 79.3 Å². The van der Waals surface area contributed by atoms with Gasteiger partial charge in [0.25, 0.3) is 0 Å². The fraction of sp³-hybridized carbons (Fsp3) is 1.00. The molecule has 5 rings (SSSR count). The topological polar surface area (TPSA) is 55.4 Å². The molecule has 2 saturated carbocycles. The molecule has 262 valence electrons. The first-order chi connectivity index (χ1) is 22.0. The zero-order chi connectivity index (χ0) is 31.4. The van der Waals surface area contributed by atoms with Crippen LogP contribution in [0.25, 0.3) is 0 Å². The molecule has 6 heteroatoms. The average molecular weight is 635 g/mol. The molecule has 0 aromatic carbocycles. The molecular weight excluding hydrogens is 564 g/mol. The smallest absolute Gasteiger partial charge is 0.0566 e. The van der Waals surface area contributed by atoms with Crippen LogP contribution in [0, 0.1) is 45.8 Å². The van der Waals surface area contributed by atoms with E-state index in [-0.39, 0.29) is 16.2 Å². The van der Waals surface area contributed by atoms with Crippen LogP contribution in [-0.4, -0.2) is 79.3 Å². The highest BCUT2D eigenvalue weighted by Crippen LogP contribution is 2.42. The molecule has 5 aliphatic rings. The summed E-state index contributed by atoms with van der Waals surface area (Å²) in [5, 5.41) is 0. The largest absolute Gasteiger partial charge is 0.380 e. The molecule has 0 bridgehead atoms. The molecule has 0 amide bonds. The van der Waals surface area contributed by atoms with E-state index >= 15 is 0 Å². The standard InChI is InChI=1S/C39H70O6/c1-4-37(26-43-27-37)23-40-20-32-15-16-33(21-41-24-38(5-2)28-44-29-38)19-35(22-42-25-39(6-3)30-45-31-39)36(18-17-32)34-13-11-9-7-8-10-12-14-34/h32-36H,4-31H2,1-3H3. The lowest BCUT2D eigenvalue weighted by molar-refractivity contribution is -0.157. The zero-order valence-electron chi connectivity index (χ0n) is 29.6. The minimum atomic E-state index is 0.247. The van der Waals surface area contributed by atoms with Crippen LogP contribution < -0.4 is 0 Å². The van der Waals surface area contributed by atoms with Crippen LogP contribution in [0.3, 0.4) is 0 Å². The van der Waals surface area contributed by atoms with Crippen molar-refractivity contribution in [2.45, 2.75) is 124 Å². The number of hydrogen-bond acceptors (Lipinski definition) is 6. The number of hydrogen-bond donors (Lipinski definition) is 0. The monoisotopic (exact) mass is 635 g/mol. The molecular formula is C39H70O6. The van der Waals surface area contributed by atoms with Crippen LogP contribution in [0.1, 0.15) is 124 Å². The van der Waals surface area contributed by atoms with Gasteiger partial charge in [0.15, 0.2) is 0 Å². The quantitative estimate of drug-likeness (QED) is 0.170. The summed E-state index contributed by atoms with van der Waals surface area (Å²) in [6, 6.07) is 0. The van der Waals surface area contributed by atoms with Crippen LogP contribution in [0.5, 0.6) is 0 Å². The minimum absolute atomic E-state index is 0.247. The van der Waals surface area contributed by atoms with Crippen LogP contribution >= 0.6 is 0 Å². The van der Waals surface area contributed by atoms with Gasteiger partial charge < -0.3 is 28.4 Å². The maximum atomic E-state index is 6.75. The first kappa shape index (κ1) is 36.1. The van der Waals surface area contributed by atoms with Crippen molar-refractivity contribution >= 4 is 0 Å². The maximum Gasteiger partial charge on any atom is 0.0566 e. The van der Waals surface area contributed by atoms with E-state index in [0.29, 0.717) is 17.8 Å². The molecule has 0 radical (unpaired) electrons. The molecule has 4 unspecified atom stereocenters. The minimum Gasteiger partial charge on any atom is -0.380 e. The van der Waals surface area contributed by atoms with Crippen LogP contribution in [0.4, 0.5) is 0 Å². The van der Waals surface area contributed by atoms with Gasteiger partial charge in [0.1, 0.15) is 0 Å². The molecule has 2 aliphatic carbocycles. The Morgan fingerprint density at radius 1 is 0.489 bits per heavy atom. The molecule has 0 aromatic rings. The van der Waals surface area contributed by atoms with Gasteiger partial charge in [-0.2, -0.15) is 0 Å². The molecule has 45 heavy (non-hydrogen) atoms. The predicted molar refractivity (Wildman–Crippen MR) is 181 cm³/mol. The van der Waals surface area contributed by atoms with Crippen molar-refractivity contribution < 1.29 is 28.4 Å². The second-order valence-corrected chi connectivity index (χ2v) is 16.6. The van der Waals surface area contributed by atoms with Gasteiger partial charge in [-0.05, 0) is 81.0 Å². The third-order valence-electron chi connectivity index (χ3n) is 13.1. The summed E-state index contributed by atoms with van der Waals surface area (Å²) in [4.78, 5) is 0. The molecule has 4 atom stereocenters. The summed E-state index contributed by atoms with van der Waals surface area (Å²) in [5.74, 6) is 3.41. The van der Waals surface area contributed by atoms with Crippen molar-refractivity contribution in [3.63, 3.8) is 0 Å². The van der Waals surface area contributed by atoms with E-state index in [1.54, 1.807) is 0 Å². The fourth-order valence-electron chi connectivity index (χ4n) is 8.88. The van der Waals surface area contributed by atoms with Gasteiger partial charge in [0.05, 0.1) is 59.5 Å². The van der Waals surface area contributed by atoms with E-state index < -0.39 is 0 Å². The molecule has 6 nitrogen and oxygen atoms in total. The lowest BCUT2D eigenvalue weighted by Gasteiger charge is -2.42. The van der Waals surface area contributed by atoms with Gasteiger partial charge >= 0.3 is 0 Å². The lowest BCUT2D eigenvalue weighted by Crippen LogP contribution is -2.46. The van der Waals surface area contributed by atoms with E-state index in [4.69, 9.17) is 28.4 Å². The van der Waals surface area contributed by atoms with Crippen molar-refractivity contribution in [2.24, 2.45) is 45.8 Å². The SMILES string of the molecule is CCC1(COCC2CCC(COCC3(CC)COC3)CC(COCC3(CC)COC3)C(C3CCCCCCCC3)CC2)COC1. The van der Waals surface area contributed by atoms with Crippen molar-refractivity contribution in [1.82, 2.24) is 0 Å². The second kappa shape index (κ2) is 18.0. The van der Waals surface area contributed by atoms with E-state index in [1.165, 1.54) is 83.5 Å². The molecule has 0 aromatic heterocycles. The summed E-state index contributed by atoms with van der Waals surface area (Å²) < 4.78 is 36.8. The predicted octanol–water partition coefficient (Wildman–Crippen LogP) is 8.50. The highest BCUT2D eigenvalue weighted by molar-refractivity contribution is 4.88. The van der Waals surface area contributed by atoms with Gasteiger partial charge in [-0.25, -0.2) is 0 Å². The third kappa shape index (κ3) is 10.1. The Bertz CT molecular complexity index is 794. The first-order valence-corrected chi connectivity index (χ1v) is 19.5. The first-order valence-electron chi connectivity index (χ1n) is 19.5. The molecule has 3 heterocycles. The molecule has 3 saturated heterocycles. The number of ether oxygens (including phenoxy) is 6. The summed E-state index contributed by atoms with van der Waals surface area (Å²) in [5.41, 5.74) is 0.758. The van der Waals surface area contributed by atoms with E-state index in [0.717, 1.165) is 110 Å². The molecule has 3 aliphatic heterocycles. The summed E-state index contributed by atoms with van der Waals surface area (Å²) in [6.07, 6.45) is 21.2. The van der Waals surface area contributed by atoms with Gasteiger partial charge in [0, 0.05) is 36.1 Å². The Labute approximate surface area is 276 Å². The average Bonchev–Trinajstić information content (AvgIpc) is 3.18. The highest BCUT2D eigenvalue weighted by atomic mass is 16.5. The third-order valence-corrected chi connectivity index (χ3v) is 13.1. The maximum absolute atomic E-state index is 6.75. The Kier molecular flexibility index (Phi) is 14.4. The van der Waals surface area contributed by atoms with Gasteiger partial charge in [0.2, 0.25) is 0 Å². The summed E-state index contributed by atoms with van der Waals surface area (Å²) >= 11 is 0.